The molecule has 2 N–H and O–H groups in total. The minimum absolute atomic E-state index is 0.114. The first kappa shape index (κ1) is 15.5. The van der Waals surface area contributed by atoms with Crippen LogP contribution in [0.15, 0.2) is 17.7 Å². The van der Waals surface area contributed by atoms with Gasteiger partial charge in [-0.25, -0.2) is 9.78 Å². The lowest BCUT2D eigenvalue weighted by molar-refractivity contribution is -0.142. The number of ether oxygens (including phenoxy) is 1. The van der Waals surface area contributed by atoms with Crippen LogP contribution in [-0.2, 0) is 14.3 Å². The number of carbonyl (C=O) groups excluding carboxylic acids is 1. The van der Waals surface area contributed by atoms with Crippen molar-refractivity contribution >= 4 is 45.9 Å². The van der Waals surface area contributed by atoms with Crippen molar-refractivity contribution in [1.29, 1.82) is 0 Å². The molecule has 2 rings (SSSR count). The summed E-state index contributed by atoms with van der Waals surface area (Å²) in [6, 6.07) is -1.10. The second-order valence-corrected chi connectivity index (χ2v) is 5.26. The number of rotatable bonds is 6. The lowest BCUT2D eigenvalue weighted by Crippen LogP contribution is -2.43. The van der Waals surface area contributed by atoms with E-state index in [2.05, 4.69) is 10.3 Å². The van der Waals surface area contributed by atoms with Crippen LogP contribution in [0.25, 0.3) is 11.0 Å². The van der Waals surface area contributed by atoms with Crippen LogP contribution in [0.5, 0.6) is 0 Å². The summed E-state index contributed by atoms with van der Waals surface area (Å²) in [7, 11) is 1.36. The SMILES string of the molecule is COCC(NC(=O)/C=C/c1c(Cl)nc2sccn12)C(=O)O. The number of nitrogens with zero attached hydrogens (tertiary/aromatic N) is 2. The first-order valence-electron chi connectivity index (χ1n) is 5.84. The zero-order chi connectivity index (χ0) is 15.4. The zero-order valence-electron chi connectivity index (χ0n) is 10.9. The highest BCUT2D eigenvalue weighted by Crippen LogP contribution is 2.22. The fourth-order valence-corrected chi connectivity index (χ4v) is 2.65. The number of methoxy groups -OCH3 is 1. The molecule has 0 aromatic carbocycles. The van der Waals surface area contributed by atoms with Gasteiger partial charge in [-0.05, 0) is 6.08 Å². The number of amides is 1. The van der Waals surface area contributed by atoms with Crippen LogP contribution in [-0.4, -0.2) is 46.1 Å². The highest BCUT2D eigenvalue weighted by Gasteiger charge is 2.18. The highest BCUT2D eigenvalue weighted by atomic mass is 35.5. The van der Waals surface area contributed by atoms with Crippen LogP contribution in [0.4, 0.5) is 0 Å². The largest absolute Gasteiger partial charge is 0.480 e. The molecule has 0 radical (unpaired) electrons. The maximum Gasteiger partial charge on any atom is 0.328 e. The van der Waals surface area contributed by atoms with Crippen molar-refractivity contribution in [3.63, 3.8) is 0 Å². The Morgan fingerprint density at radius 2 is 2.43 bits per heavy atom. The first-order valence-corrected chi connectivity index (χ1v) is 7.10. The smallest absolute Gasteiger partial charge is 0.328 e. The molecule has 0 aliphatic rings. The van der Waals surface area contributed by atoms with Gasteiger partial charge in [-0.2, -0.15) is 0 Å². The van der Waals surface area contributed by atoms with E-state index in [0.29, 0.717) is 10.7 Å². The number of carboxylic acid groups (broad SMARTS) is 1. The molecule has 1 amide bonds. The summed E-state index contributed by atoms with van der Waals surface area (Å²) >= 11 is 7.39. The predicted octanol–water partition coefficient (Wildman–Crippen LogP) is 1.28. The summed E-state index contributed by atoms with van der Waals surface area (Å²) in [5, 5.41) is 13.3. The number of aromatic nitrogens is 2. The van der Waals surface area contributed by atoms with Crippen LogP contribution >= 0.6 is 22.9 Å². The number of thiazole rings is 1. The number of aliphatic carboxylic acids is 1. The minimum atomic E-state index is -1.17. The number of nitrogens with one attached hydrogen (secondary N) is 1. The van der Waals surface area contributed by atoms with Gasteiger partial charge in [0.2, 0.25) is 5.91 Å². The molecule has 0 aliphatic carbocycles. The Kier molecular flexibility index (Phi) is 4.94. The van der Waals surface area contributed by atoms with Crippen LogP contribution in [0.2, 0.25) is 5.15 Å². The van der Waals surface area contributed by atoms with Gasteiger partial charge >= 0.3 is 5.97 Å². The van der Waals surface area contributed by atoms with Gasteiger partial charge in [-0.1, -0.05) is 11.6 Å². The van der Waals surface area contributed by atoms with Crippen molar-refractivity contribution in [2.24, 2.45) is 0 Å². The minimum Gasteiger partial charge on any atom is -0.480 e. The molecule has 0 fully saturated rings. The van der Waals surface area contributed by atoms with Crippen LogP contribution < -0.4 is 5.32 Å². The number of fused-ring (bicyclic) bond motifs is 1. The van der Waals surface area contributed by atoms with Crippen LogP contribution in [0.3, 0.4) is 0 Å². The molecule has 21 heavy (non-hydrogen) atoms. The molecule has 0 spiro atoms. The second-order valence-electron chi connectivity index (χ2n) is 4.03. The Morgan fingerprint density at radius 3 is 3.10 bits per heavy atom. The first-order chi connectivity index (χ1) is 10.0. The average molecular weight is 330 g/mol. The monoisotopic (exact) mass is 329 g/mol. The molecule has 9 heteroatoms. The summed E-state index contributed by atoms with van der Waals surface area (Å²) in [6.45, 7) is -0.114. The molecule has 112 valence electrons. The van der Waals surface area contributed by atoms with E-state index < -0.39 is 17.9 Å². The summed E-state index contributed by atoms with van der Waals surface area (Å²) < 4.78 is 6.47. The van der Waals surface area contributed by atoms with Gasteiger partial charge in [0.25, 0.3) is 0 Å². The number of carboxylic acids is 1. The Hall–Kier alpha value is -1.90. The molecule has 0 saturated heterocycles. The van der Waals surface area contributed by atoms with Gasteiger partial charge in [-0.3, -0.25) is 9.20 Å². The molecular weight excluding hydrogens is 318 g/mol. The molecule has 0 saturated carbocycles. The van der Waals surface area contributed by atoms with Gasteiger partial charge in [0.1, 0.15) is 0 Å². The third kappa shape index (κ3) is 3.60. The number of hydrogen-bond donors (Lipinski definition) is 2. The van der Waals surface area contributed by atoms with Gasteiger partial charge in [-0.15, -0.1) is 11.3 Å². The molecule has 1 unspecified atom stereocenters. The van der Waals surface area contributed by atoms with E-state index in [9.17, 15) is 9.59 Å². The number of hydrogen-bond acceptors (Lipinski definition) is 5. The summed E-state index contributed by atoms with van der Waals surface area (Å²) in [6.07, 6.45) is 4.47. The molecule has 1 atom stereocenters. The van der Waals surface area contributed by atoms with E-state index >= 15 is 0 Å². The number of carbonyl (C=O) groups is 2. The quantitative estimate of drug-likeness (QED) is 0.779. The van der Waals surface area contributed by atoms with Crippen molar-refractivity contribution in [3.05, 3.63) is 28.5 Å². The maximum atomic E-state index is 11.7. The molecule has 2 heterocycles. The molecular formula is C12H12ClN3O4S. The average Bonchev–Trinajstić information content (AvgIpc) is 2.96. The molecule has 2 aromatic heterocycles. The second kappa shape index (κ2) is 6.70. The van der Waals surface area contributed by atoms with E-state index in [1.807, 2.05) is 5.38 Å². The molecule has 7 nitrogen and oxygen atoms in total. The Balaban J connectivity index is 2.09. The van der Waals surface area contributed by atoms with Crippen LogP contribution in [0, 0.1) is 0 Å². The predicted molar refractivity (Wildman–Crippen MR) is 78.6 cm³/mol. The molecule has 2 aromatic rings. The van der Waals surface area contributed by atoms with E-state index in [1.54, 1.807) is 10.6 Å². The maximum absolute atomic E-state index is 11.7. The molecule has 0 aliphatic heterocycles. The van der Waals surface area contributed by atoms with Gasteiger partial charge < -0.3 is 15.2 Å². The molecule has 0 bridgehead atoms. The van der Waals surface area contributed by atoms with E-state index in [1.165, 1.54) is 30.6 Å². The summed E-state index contributed by atoms with van der Waals surface area (Å²) in [4.78, 5) is 27.5. The van der Waals surface area contributed by atoms with Crippen molar-refractivity contribution in [1.82, 2.24) is 14.7 Å². The summed E-state index contributed by atoms with van der Waals surface area (Å²) in [5.74, 6) is -1.72. The van der Waals surface area contributed by atoms with Gasteiger partial charge in [0, 0.05) is 24.8 Å². The van der Waals surface area contributed by atoms with Crippen molar-refractivity contribution in [3.8, 4) is 0 Å². The highest BCUT2D eigenvalue weighted by molar-refractivity contribution is 7.15. The lowest BCUT2D eigenvalue weighted by atomic mass is 10.3. The van der Waals surface area contributed by atoms with Gasteiger partial charge in [0.05, 0.1) is 12.3 Å². The van der Waals surface area contributed by atoms with Crippen molar-refractivity contribution < 1.29 is 19.4 Å². The van der Waals surface area contributed by atoms with Gasteiger partial charge in [0.15, 0.2) is 16.2 Å². The lowest BCUT2D eigenvalue weighted by Gasteiger charge is -2.11. The third-order valence-corrected chi connectivity index (χ3v) is 3.63. The third-order valence-electron chi connectivity index (χ3n) is 2.59. The zero-order valence-corrected chi connectivity index (χ0v) is 12.5. The van der Waals surface area contributed by atoms with Crippen LogP contribution in [0.1, 0.15) is 5.69 Å². The number of halogens is 1. The Morgan fingerprint density at radius 1 is 1.67 bits per heavy atom. The fourth-order valence-electron chi connectivity index (χ4n) is 1.64. The van der Waals surface area contributed by atoms with Crippen molar-refractivity contribution in [2.75, 3.05) is 13.7 Å². The Labute approximate surface area is 128 Å². The van der Waals surface area contributed by atoms with E-state index in [0.717, 1.165) is 0 Å². The van der Waals surface area contributed by atoms with Crippen molar-refractivity contribution in [2.45, 2.75) is 6.04 Å². The van der Waals surface area contributed by atoms with E-state index in [-0.39, 0.29) is 11.8 Å². The summed E-state index contributed by atoms with van der Waals surface area (Å²) in [5.41, 5.74) is 0.557. The number of imidazole rings is 1. The topological polar surface area (TPSA) is 92.9 Å². The standard InChI is InChI=1S/C12H12ClN3O4S/c1-20-6-7(11(18)19)14-9(17)3-2-8-10(13)15-12-16(8)4-5-21-12/h2-5,7H,6H2,1H3,(H,14,17)(H,18,19)/b3-2+. The Bertz CT molecular complexity index is 694. The fraction of sp³-hybridized carbons (Fsp3) is 0.250. The normalized spacial score (nSPS) is 12.9. The van der Waals surface area contributed by atoms with E-state index in [4.69, 9.17) is 21.4 Å².